The highest BCUT2D eigenvalue weighted by atomic mass is 16.5. The second kappa shape index (κ2) is 6.56. The number of fused-ring (bicyclic) bond motifs is 1. The van der Waals surface area contributed by atoms with E-state index in [0.717, 1.165) is 49.6 Å². The summed E-state index contributed by atoms with van der Waals surface area (Å²) in [7, 11) is 0. The van der Waals surface area contributed by atoms with Gasteiger partial charge in [0, 0.05) is 26.1 Å². The second-order valence-corrected chi connectivity index (χ2v) is 5.55. The summed E-state index contributed by atoms with van der Waals surface area (Å²) in [5.74, 6) is 1.04. The summed E-state index contributed by atoms with van der Waals surface area (Å²) in [5.41, 5.74) is 2.11. The van der Waals surface area contributed by atoms with Gasteiger partial charge in [0.2, 0.25) is 0 Å². The van der Waals surface area contributed by atoms with Crippen LogP contribution in [0.4, 0.5) is 0 Å². The number of hydrogen-bond donors (Lipinski definition) is 1. The first-order valence-corrected chi connectivity index (χ1v) is 7.70. The lowest BCUT2D eigenvalue weighted by atomic mass is 10.2. The third-order valence-electron chi connectivity index (χ3n) is 4.02. The van der Waals surface area contributed by atoms with Gasteiger partial charge < -0.3 is 14.4 Å². The largest absolute Gasteiger partial charge is 0.390 e. The molecule has 5 heteroatoms. The van der Waals surface area contributed by atoms with Crippen molar-refractivity contribution < 1.29 is 9.84 Å². The number of rotatable bonds is 5. The van der Waals surface area contributed by atoms with Crippen molar-refractivity contribution in [2.75, 3.05) is 32.8 Å². The van der Waals surface area contributed by atoms with Gasteiger partial charge in [0.05, 0.1) is 36.9 Å². The van der Waals surface area contributed by atoms with Crippen molar-refractivity contribution in [1.82, 2.24) is 14.5 Å². The van der Waals surface area contributed by atoms with Crippen LogP contribution < -0.4 is 0 Å². The van der Waals surface area contributed by atoms with Gasteiger partial charge in [-0.3, -0.25) is 4.90 Å². The molecule has 0 amide bonds. The normalized spacial score (nSPS) is 18.2. The molecule has 1 fully saturated rings. The molecule has 1 atom stereocenters. The fourth-order valence-corrected chi connectivity index (χ4v) is 2.95. The van der Waals surface area contributed by atoms with Crippen LogP contribution in [0.3, 0.4) is 0 Å². The number of aromatic nitrogens is 2. The van der Waals surface area contributed by atoms with Crippen LogP contribution >= 0.6 is 0 Å². The Kier molecular flexibility index (Phi) is 4.53. The van der Waals surface area contributed by atoms with Crippen LogP contribution in [0.1, 0.15) is 12.7 Å². The van der Waals surface area contributed by atoms with Gasteiger partial charge in [0.15, 0.2) is 0 Å². The van der Waals surface area contributed by atoms with Crippen molar-refractivity contribution in [3.8, 4) is 0 Å². The third-order valence-corrected chi connectivity index (χ3v) is 4.02. The molecule has 1 aliphatic heterocycles. The predicted molar refractivity (Wildman–Crippen MR) is 82.4 cm³/mol. The molecule has 5 nitrogen and oxygen atoms in total. The summed E-state index contributed by atoms with van der Waals surface area (Å²) >= 11 is 0. The smallest absolute Gasteiger partial charge is 0.109 e. The van der Waals surface area contributed by atoms with Crippen molar-refractivity contribution in [1.29, 1.82) is 0 Å². The van der Waals surface area contributed by atoms with Crippen LogP contribution in [-0.2, 0) is 17.7 Å². The van der Waals surface area contributed by atoms with Gasteiger partial charge >= 0.3 is 0 Å². The molecule has 21 heavy (non-hydrogen) atoms. The molecule has 2 aromatic rings. The molecular weight excluding hydrogens is 266 g/mol. The van der Waals surface area contributed by atoms with Crippen LogP contribution in [0.2, 0.25) is 0 Å². The van der Waals surface area contributed by atoms with Crippen molar-refractivity contribution in [3.05, 3.63) is 30.1 Å². The van der Waals surface area contributed by atoms with E-state index in [4.69, 9.17) is 4.74 Å². The number of ether oxygens (including phenoxy) is 1. The molecule has 1 unspecified atom stereocenters. The summed E-state index contributed by atoms with van der Waals surface area (Å²) < 4.78 is 7.50. The van der Waals surface area contributed by atoms with Crippen molar-refractivity contribution in [2.24, 2.45) is 0 Å². The molecule has 0 radical (unpaired) electrons. The molecule has 1 N–H and O–H groups in total. The minimum atomic E-state index is -0.383. The number of aliphatic hydroxyl groups is 1. The van der Waals surface area contributed by atoms with E-state index in [1.807, 2.05) is 18.2 Å². The Morgan fingerprint density at radius 3 is 2.76 bits per heavy atom. The van der Waals surface area contributed by atoms with Crippen LogP contribution in [0.5, 0.6) is 0 Å². The zero-order valence-electron chi connectivity index (χ0n) is 12.5. The average molecular weight is 289 g/mol. The van der Waals surface area contributed by atoms with E-state index in [2.05, 4.69) is 27.4 Å². The minimum absolute atomic E-state index is 0.383. The topological polar surface area (TPSA) is 50.5 Å². The maximum absolute atomic E-state index is 10.4. The molecule has 1 aliphatic rings. The molecule has 1 saturated heterocycles. The van der Waals surface area contributed by atoms with E-state index in [-0.39, 0.29) is 6.10 Å². The van der Waals surface area contributed by atoms with Gasteiger partial charge in [-0.25, -0.2) is 4.98 Å². The van der Waals surface area contributed by atoms with Crippen LogP contribution in [-0.4, -0.2) is 58.5 Å². The fraction of sp³-hybridized carbons (Fsp3) is 0.562. The first-order valence-electron chi connectivity index (χ1n) is 7.70. The quantitative estimate of drug-likeness (QED) is 0.901. The molecule has 0 spiro atoms. The predicted octanol–water partition coefficient (Wildman–Crippen LogP) is 1.29. The van der Waals surface area contributed by atoms with Crippen molar-refractivity contribution in [3.63, 3.8) is 0 Å². The number of morpholine rings is 1. The van der Waals surface area contributed by atoms with Gasteiger partial charge in [-0.2, -0.15) is 0 Å². The number of aliphatic hydroxyl groups excluding tert-OH is 1. The lowest BCUT2D eigenvalue weighted by Crippen LogP contribution is -2.42. The molecule has 0 bridgehead atoms. The summed E-state index contributed by atoms with van der Waals surface area (Å²) in [6.07, 6.45) is 0.491. The monoisotopic (exact) mass is 289 g/mol. The molecule has 114 valence electrons. The third kappa shape index (κ3) is 3.26. The van der Waals surface area contributed by atoms with E-state index in [9.17, 15) is 5.11 Å². The SMILES string of the molecule is CCc1nc2ccccc2n1CC(O)CN1CCOCC1. The van der Waals surface area contributed by atoms with E-state index < -0.39 is 0 Å². The summed E-state index contributed by atoms with van der Waals surface area (Å²) in [6.45, 7) is 6.73. The highest BCUT2D eigenvalue weighted by molar-refractivity contribution is 5.75. The van der Waals surface area contributed by atoms with E-state index in [0.29, 0.717) is 13.1 Å². The summed E-state index contributed by atoms with van der Waals surface area (Å²) in [6, 6.07) is 8.12. The highest BCUT2D eigenvalue weighted by Gasteiger charge is 2.17. The minimum Gasteiger partial charge on any atom is -0.390 e. The van der Waals surface area contributed by atoms with E-state index >= 15 is 0 Å². The molecular formula is C16H23N3O2. The Balaban J connectivity index is 1.74. The first-order chi connectivity index (χ1) is 10.3. The van der Waals surface area contributed by atoms with Gasteiger partial charge in [-0.15, -0.1) is 0 Å². The van der Waals surface area contributed by atoms with Gasteiger partial charge in [0.1, 0.15) is 5.82 Å². The molecule has 3 rings (SSSR count). The maximum atomic E-state index is 10.4. The lowest BCUT2D eigenvalue weighted by Gasteiger charge is -2.28. The van der Waals surface area contributed by atoms with Crippen LogP contribution in [0.15, 0.2) is 24.3 Å². The fourth-order valence-electron chi connectivity index (χ4n) is 2.95. The summed E-state index contributed by atoms with van der Waals surface area (Å²) in [5, 5.41) is 10.4. The Bertz CT molecular complexity index is 590. The van der Waals surface area contributed by atoms with E-state index in [1.54, 1.807) is 0 Å². The first kappa shape index (κ1) is 14.5. The molecule has 0 saturated carbocycles. The second-order valence-electron chi connectivity index (χ2n) is 5.55. The average Bonchev–Trinajstić information content (AvgIpc) is 2.86. The maximum Gasteiger partial charge on any atom is 0.109 e. The number of para-hydroxylation sites is 2. The number of imidazole rings is 1. The summed E-state index contributed by atoms with van der Waals surface area (Å²) in [4.78, 5) is 6.91. The van der Waals surface area contributed by atoms with Gasteiger partial charge in [-0.05, 0) is 12.1 Å². The van der Waals surface area contributed by atoms with Gasteiger partial charge in [-0.1, -0.05) is 19.1 Å². The Labute approximate surface area is 125 Å². The number of hydrogen-bond acceptors (Lipinski definition) is 4. The Hall–Kier alpha value is -1.43. The lowest BCUT2D eigenvalue weighted by molar-refractivity contribution is 0.0116. The number of β-amino-alcohol motifs (C(OH)–C–C–N with tert-alkyl or cyclic N) is 1. The molecule has 0 aliphatic carbocycles. The van der Waals surface area contributed by atoms with Crippen LogP contribution in [0.25, 0.3) is 11.0 Å². The number of benzene rings is 1. The highest BCUT2D eigenvalue weighted by Crippen LogP contribution is 2.17. The van der Waals surface area contributed by atoms with Crippen molar-refractivity contribution >= 4 is 11.0 Å². The Morgan fingerprint density at radius 1 is 1.24 bits per heavy atom. The zero-order valence-corrected chi connectivity index (χ0v) is 12.5. The Morgan fingerprint density at radius 2 is 2.00 bits per heavy atom. The van der Waals surface area contributed by atoms with E-state index in [1.165, 1.54) is 0 Å². The zero-order chi connectivity index (χ0) is 14.7. The number of nitrogens with zero attached hydrogens (tertiary/aromatic N) is 3. The standard InChI is InChI=1S/C16H23N3O2/c1-2-16-17-14-5-3-4-6-15(14)19(16)12-13(20)11-18-7-9-21-10-8-18/h3-6,13,20H,2,7-12H2,1H3. The number of aryl methyl sites for hydroxylation is 1. The molecule has 1 aromatic carbocycles. The molecule has 2 heterocycles. The van der Waals surface area contributed by atoms with Crippen molar-refractivity contribution in [2.45, 2.75) is 26.0 Å². The van der Waals surface area contributed by atoms with Gasteiger partial charge in [0.25, 0.3) is 0 Å². The van der Waals surface area contributed by atoms with Crippen LogP contribution in [0, 0.1) is 0 Å². The molecule has 1 aromatic heterocycles.